The van der Waals surface area contributed by atoms with Gasteiger partial charge in [0.1, 0.15) is 5.60 Å². The smallest absolute Gasteiger partial charge is 0.407 e. The van der Waals surface area contributed by atoms with E-state index in [1.54, 1.807) is 28.8 Å². The second-order valence-corrected chi connectivity index (χ2v) is 10.6. The first-order valence-electron chi connectivity index (χ1n) is 11.5. The number of carbonyl (C=O) groups is 1. The van der Waals surface area contributed by atoms with E-state index in [1.807, 2.05) is 45.0 Å². The largest absolute Gasteiger partial charge is 0.503 e. The summed E-state index contributed by atoms with van der Waals surface area (Å²) in [5.74, 6) is 0.0757. The zero-order valence-corrected chi connectivity index (χ0v) is 22.4. The Morgan fingerprint density at radius 2 is 1.95 bits per heavy atom. The van der Waals surface area contributed by atoms with E-state index in [2.05, 4.69) is 15.6 Å². The second-order valence-electron chi connectivity index (χ2n) is 9.16. The second kappa shape index (κ2) is 10.7. The van der Waals surface area contributed by atoms with Gasteiger partial charge in [-0.05, 0) is 56.7 Å². The van der Waals surface area contributed by atoms with Crippen molar-refractivity contribution in [3.8, 4) is 22.8 Å². The molecule has 2 aromatic heterocycles. The number of imidazole rings is 1. The summed E-state index contributed by atoms with van der Waals surface area (Å²) in [6.45, 7) is 6.38. The van der Waals surface area contributed by atoms with Crippen LogP contribution in [0.25, 0.3) is 22.3 Å². The highest BCUT2D eigenvalue weighted by Gasteiger charge is 2.16. The first kappa shape index (κ1) is 26.3. The molecule has 4 rings (SSSR count). The van der Waals surface area contributed by atoms with Crippen LogP contribution in [0.1, 0.15) is 26.3 Å². The molecule has 9 nitrogen and oxygen atoms in total. The minimum atomic E-state index is -0.537. The Hall–Kier alpha value is -3.76. The van der Waals surface area contributed by atoms with Crippen molar-refractivity contribution >= 4 is 45.8 Å². The molecule has 11 heteroatoms. The Balaban J connectivity index is 1.49. The number of hydrogen-bond donors (Lipinski definition) is 3. The zero-order valence-electron chi connectivity index (χ0n) is 20.8. The van der Waals surface area contributed by atoms with E-state index in [0.717, 1.165) is 11.3 Å². The van der Waals surface area contributed by atoms with Gasteiger partial charge in [-0.1, -0.05) is 35.1 Å². The minimum Gasteiger partial charge on any atom is -0.503 e. The third kappa shape index (κ3) is 6.15. The Morgan fingerprint density at radius 1 is 1.22 bits per heavy atom. The standard InChI is InChI=1S/C26H27ClN4O5S/c1-26(2,3)36-25(34)29-10-9-28-17-7-5-16(6-8-17)19-14-30-24-31(19)23(33)21(37-24)13-15-11-18(27)22(32)20(12-15)35-4/h5-8,11-14,28,32H,9-10H2,1-4H3,(H,29,34). The summed E-state index contributed by atoms with van der Waals surface area (Å²) in [7, 11) is 1.43. The summed E-state index contributed by atoms with van der Waals surface area (Å²) >= 11 is 7.35. The van der Waals surface area contributed by atoms with Gasteiger partial charge in [0.25, 0.3) is 5.56 Å². The van der Waals surface area contributed by atoms with E-state index in [0.29, 0.717) is 33.8 Å². The van der Waals surface area contributed by atoms with Gasteiger partial charge in [-0.15, -0.1) is 0 Å². The molecule has 3 N–H and O–H groups in total. The number of fused-ring (bicyclic) bond motifs is 1. The Bertz CT molecular complexity index is 1540. The highest BCUT2D eigenvalue weighted by molar-refractivity contribution is 7.15. The molecule has 2 heterocycles. The number of benzene rings is 2. The van der Waals surface area contributed by atoms with E-state index in [1.165, 1.54) is 18.4 Å². The molecule has 0 aliphatic carbocycles. The Kier molecular flexibility index (Phi) is 7.60. The van der Waals surface area contributed by atoms with Crippen molar-refractivity contribution in [3.63, 3.8) is 0 Å². The van der Waals surface area contributed by atoms with Crippen LogP contribution in [-0.2, 0) is 4.74 Å². The van der Waals surface area contributed by atoms with E-state index in [-0.39, 0.29) is 22.1 Å². The van der Waals surface area contributed by atoms with Crippen molar-refractivity contribution in [2.45, 2.75) is 26.4 Å². The summed E-state index contributed by atoms with van der Waals surface area (Å²) in [5.41, 5.74) is 2.27. The van der Waals surface area contributed by atoms with Crippen molar-refractivity contribution in [1.82, 2.24) is 14.7 Å². The van der Waals surface area contributed by atoms with Gasteiger partial charge in [0.2, 0.25) is 0 Å². The van der Waals surface area contributed by atoms with Crippen LogP contribution >= 0.6 is 22.9 Å². The van der Waals surface area contributed by atoms with Crippen LogP contribution in [0.4, 0.5) is 10.5 Å². The van der Waals surface area contributed by atoms with E-state index in [4.69, 9.17) is 21.1 Å². The number of alkyl carbamates (subject to hydrolysis) is 1. The van der Waals surface area contributed by atoms with Gasteiger partial charge < -0.3 is 25.2 Å². The molecule has 37 heavy (non-hydrogen) atoms. The molecule has 0 fully saturated rings. The molecule has 0 aliphatic rings. The van der Waals surface area contributed by atoms with Crippen molar-refractivity contribution < 1.29 is 19.4 Å². The minimum absolute atomic E-state index is 0.134. The van der Waals surface area contributed by atoms with Gasteiger partial charge in [-0.3, -0.25) is 4.79 Å². The average molecular weight is 543 g/mol. The number of rotatable bonds is 7. The number of nitrogens with zero attached hydrogens (tertiary/aromatic N) is 2. The number of nitrogens with one attached hydrogen (secondary N) is 2. The van der Waals surface area contributed by atoms with Crippen LogP contribution < -0.4 is 25.5 Å². The number of thiazole rings is 1. The van der Waals surface area contributed by atoms with Gasteiger partial charge in [-0.2, -0.15) is 0 Å². The predicted octanol–water partition coefficient (Wildman–Crippen LogP) is 4.27. The Labute approximate surface area is 222 Å². The van der Waals surface area contributed by atoms with Crippen LogP contribution in [-0.4, -0.2) is 46.4 Å². The third-order valence-corrected chi connectivity index (χ3v) is 6.49. The number of amides is 1. The van der Waals surface area contributed by atoms with Gasteiger partial charge in [0, 0.05) is 24.3 Å². The molecule has 0 unspecified atom stereocenters. The fourth-order valence-corrected chi connectivity index (χ4v) is 4.75. The maximum absolute atomic E-state index is 13.2. The van der Waals surface area contributed by atoms with E-state index < -0.39 is 11.7 Å². The first-order valence-corrected chi connectivity index (χ1v) is 12.6. The quantitative estimate of drug-likeness (QED) is 0.299. The number of methoxy groups -OCH3 is 1. The maximum Gasteiger partial charge on any atom is 0.407 e. The highest BCUT2D eigenvalue weighted by atomic mass is 35.5. The lowest BCUT2D eigenvalue weighted by Crippen LogP contribution is -2.34. The molecule has 1 amide bonds. The van der Waals surface area contributed by atoms with Crippen molar-refractivity contribution in [3.05, 3.63) is 68.1 Å². The summed E-state index contributed by atoms with van der Waals surface area (Å²) in [6.07, 6.45) is 2.91. The molecule has 0 bridgehead atoms. The summed E-state index contributed by atoms with van der Waals surface area (Å²) in [6, 6.07) is 10.8. The lowest BCUT2D eigenvalue weighted by Gasteiger charge is -2.19. The monoisotopic (exact) mass is 542 g/mol. The van der Waals surface area contributed by atoms with E-state index >= 15 is 0 Å². The molecule has 0 radical (unpaired) electrons. The number of carbonyl (C=O) groups excluding carboxylic acids is 1. The fraction of sp³-hybridized carbons (Fsp3) is 0.269. The molecule has 0 aliphatic heterocycles. The third-order valence-electron chi connectivity index (χ3n) is 5.22. The van der Waals surface area contributed by atoms with Crippen LogP contribution in [0.3, 0.4) is 0 Å². The summed E-state index contributed by atoms with van der Waals surface area (Å²) in [5, 5.41) is 16.0. The number of phenolic OH excluding ortho intramolecular Hbond substituents is 1. The van der Waals surface area contributed by atoms with Crippen molar-refractivity contribution in [2.24, 2.45) is 0 Å². The number of phenols is 1. The van der Waals surface area contributed by atoms with Crippen LogP contribution in [0.15, 0.2) is 47.4 Å². The van der Waals surface area contributed by atoms with Crippen LogP contribution in [0, 0.1) is 0 Å². The van der Waals surface area contributed by atoms with Crippen LogP contribution in [0.2, 0.25) is 5.02 Å². The predicted molar refractivity (Wildman–Crippen MR) is 146 cm³/mol. The number of aromatic nitrogens is 2. The number of anilines is 1. The molecular formula is C26H27ClN4O5S. The normalized spacial score (nSPS) is 12.1. The van der Waals surface area contributed by atoms with Crippen molar-refractivity contribution in [2.75, 3.05) is 25.5 Å². The molecular weight excluding hydrogens is 516 g/mol. The molecule has 0 spiro atoms. The van der Waals surface area contributed by atoms with E-state index in [9.17, 15) is 14.7 Å². The average Bonchev–Trinajstić information content (AvgIpc) is 3.38. The molecule has 0 atom stereocenters. The molecule has 194 valence electrons. The zero-order chi connectivity index (χ0) is 26.7. The van der Waals surface area contributed by atoms with Crippen molar-refractivity contribution in [1.29, 1.82) is 0 Å². The Morgan fingerprint density at radius 3 is 2.62 bits per heavy atom. The topological polar surface area (TPSA) is 114 Å². The molecule has 0 saturated heterocycles. The van der Waals surface area contributed by atoms with Crippen LogP contribution in [0.5, 0.6) is 11.5 Å². The number of ether oxygens (including phenoxy) is 2. The van der Waals surface area contributed by atoms with Gasteiger partial charge in [-0.25, -0.2) is 14.2 Å². The number of halogens is 1. The summed E-state index contributed by atoms with van der Waals surface area (Å²) in [4.78, 5) is 29.9. The maximum atomic E-state index is 13.2. The fourth-order valence-electron chi connectivity index (χ4n) is 3.58. The lowest BCUT2D eigenvalue weighted by molar-refractivity contribution is 0.0530. The first-order chi connectivity index (χ1) is 17.6. The lowest BCUT2D eigenvalue weighted by atomic mass is 10.1. The molecule has 4 aromatic rings. The highest BCUT2D eigenvalue weighted by Crippen LogP contribution is 2.35. The molecule has 2 aromatic carbocycles. The van der Waals surface area contributed by atoms with Gasteiger partial charge in [0.05, 0.1) is 28.6 Å². The number of hydrogen-bond acceptors (Lipinski definition) is 8. The summed E-state index contributed by atoms with van der Waals surface area (Å²) < 4.78 is 12.4. The molecule has 0 saturated carbocycles. The number of aromatic hydroxyl groups is 1. The van der Waals surface area contributed by atoms with Gasteiger partial charge >= 0.3 is 6.09 Å². The van der Waals surface area contributed by atoms with Gasteiger partial charge in [0.15, 0.2) is 16.5 Å². The SMILES string of the molecule is COc1cc(C=c2sc3ncc(-c4ccc(NCCNC(=O)OC(C)(C)C)cc4)n3c2=O)cc(Cl)c1O.